The van der Waals surface area contributed by atoms with Crippen molar-refractivity contribution in [3.63, 3.8) is 0 Å². The Morgan fingerprint density at radius 2 is 2.15 bits per heavy atom. The second kappa shape index (κ2) is 5.35. The van der Waals surface area contributed by atoms with Gasteiger partial charge in [-0.1, -0.05) is 0 Å². The molecule has 2 rings (SSSR count). The van der Waals surface area contributed by atoms with Crippen molar-refractivity contribution in [2.75, 3.05) is 14.2 Å². The minimum atomic E-state index is -0.878. The molecule has 1 N–H and O–H groups in total. The van der Waals surface area contributed by atoms with Gasteiger partial charge in [0.1, 0.15) is 5.75 Å². The van der Waals surface area contributed by atoms with Gasteiger partial charge in [-0.3, -0.25) is 10.1 Å². The summed E-state index contributed by atoms with van der Waals surface area (Å²) in [7, 11) is 2.97. The van der Waals surface area contributed by atoms with Crippen LogP contribution in [0.4, 0.5) is 5.69 Å². The molecule has 2 unspecified atom stereocenters. The molecule has 0 radical (unpaired) electrons. The predicted molar refractivity (Wildman–Crippen MR) is 69.5 cm³/mol. The van der Waals surface area contributed by atoms with E-state index in [1.54, 1.807) is 6.92 Å². The van der Waals surface area contributed by atoms with Crippen molar-refractivity contribution in [3.8, 4) is 5.75 Å². The molecule has 0 amide bonds. The Balaban J connectivity index is 2.37. The number of nitrogens with zero attached hydrogens (tertiary/aromatic N) is 1. The summed E-state index contributed by atoms with van der Waals surface area (Å²) in [6.07, 6.45) is -1.31. The number of aliphatic hydroxyl groups is 1. The lowest BCUT2D eigenvalue weighted by Gasteiger charge is -2.41. The van der Waals surface area contributed by atoms with Gasteiger partial charge < -0.3 is 19.3 Å². The number of rotatable bonds is 4. The number of hydrogen-bond acceptors (Lipinski definition) is 6. The zero-order chi connectivity index (χ0) is 14.9. The molecule has 0 aromatic heterocycles. The summed E-state index contributed by atoms with van der Waals surface area (Å²) in [6.45, 7) is 1.76. The molecule has 1 aromatic carbocycles. The Morgan fingerprint density at radius 3 is 2.70 bits per heavy atom. The summed E-state index contributed by atoms with van der Waals surface area (Å²) in [5.74, 6) is 0.399. The van der Waals surface area contributed by atoms with Gasteiger partial charge in [0.2, 0.25) is 0 Å². The average molecular weight is 283 g/mol. The lowest BCUT2D eigenvalue weighted by molar-refractivity contribution is -0.385. The van der Waals surface area contributed by atoms with Crippen LogP contribution < -0.4 is 4.74 Å². The summed E-state index contributed by atoms with van der Waals surface area (Å²) < 4.78 is 16.2. The van der Waals surface area contributed by atoms with Crippen LogP contribution in [0.1, 0.15) is 25.0 Å². The van der Waals surface area contributed by atoms with Crippen LogP contribution in [0.3, 0.4) is 0 Å². The molecule has 7 nitrogen and oxygen atoms in total. The van der Waals surface area contributed by atoms with E-state index in [0.29, 0.717) is 11.3 Å². The van der Waals surface area contributed by atoms with E-state index >= 15 is 0 Å². The highest BCUT2D eigenvalue weighted by Gasteiger charge is 2.44. The molecule has 0 spiro atoms. The molecule has 1 aliphatic heterocycles. The number of nitro groups is 1. The first-order valence-corrected chi connectivity index (χ1v) is 6.12. The lowest BCUT2D eigenvalue weighted by atomic mass is 9.89. The summed E-state index contributed by atoms with van der Waals surface area (Å²) in [6, 6.07) is 4.15. The highest BCUT2D eigenvalue weighted by molar-refractivity contribution is 5.46. The third kappa shape index (κ3) is 2.47. The summed E-state index contributed by atoms with van der Waals surface area (Å²) in [5.41, 5.74) is -0.542. The largest absolute Gasteiger partial charge is 0.482 e. The van der Waals surface area contributed by atoms with Crippen LogP contribution in [-0.4, -0.2) is 36.1 Å². The van der Waals surface area contributed by atoms with Crippen LogP contribution in [0.5, 0.6) is 5.75 Å². The van der Waals surface area contributed by atoms with Crippen molar-refractivity contribution >= 4 is 5.69 Å². The van der Waals surface area contributed by atoms with E-state index in [-0.39, 0.29) is 12.1 Å². The first kappa shape index (κ1) is 14.7. The van der Waals surface area contributed by atoms with Gasteiger partial charge in [-0.05, 0) is 13.0 Å². The summed E-state index contributed by atoms with van der Waals surface area (Å²) in [4.78, 5) is 10.3. The van der Waals surface area contributed by atoms with Gasteiger partial charge >= 0.3 is 0 Å². The van der Waals surface area contributed by atoms with Gasteiger partial charge in [-0.15, -0.1) is 0 Å². The molecule has 110 valence electrons. The van der Waals surface area contributed by atoms with Crippen molar-refractivity contribution in [1.82, 2.24) is 0 Å². The van der Waals surface area contributed by atoms with Gasteiger partial charge in [0.05, 0.1) is 11.0 Å². The molecule has 0 aliphatic carbocycles. The fourth-order valence-corrected chi connectivity index (χ4v) is 2.53. The Kier molecular flexibility index (Phi) is 3.94. The SMILES string of the molecule is COC(OC)C1(C)CC(O)c2cc([N+](=O)[O-])ccc2O1. The van der Waals surface area contributed by atoms with Crippen LogP contribution >= 0.6 is 0 Å². The average Bonchev–Trinajstić information content (AvgIpc) is 2.39. The maximum Gasteiger partial charge on any atom is 0.270 e. The molecule has 2 atom stereocenters. The highest BCUT2D eigenvalue weighted by atomic mass is 16.7. The van der Waals surface area contributed by atoms with E-state index in [4.69, 9.17) is 14.2 Å². The number of non-ortho nitro benzene ring substituents is 1. The molecule has 0 saturated carbocycles. The summed E-state index contributed by atoms with van der Waals surface area (Å²) in [5, 5.41) is 21.0. The highest BCUT2D eigenvalue weighted by Crippen LogP contribution is 2.43. The predicted octanol–water partition coefficient (Wildman–Crippen LogP) is 1.79. The minimum absolute atomic E-state index is 0.0787. The van der Waals surface area contributed by atoms with Gasteiger partial charge in [-0.25, -0.2) is 0 Å². The Morgan fingerprint density at radius 1 is 1.50 bits per heavy atom. The number of fused-ring (bicyclic) bond motifs is 1. The third-order valence-corrected chi connectivity index (χ3v) is 3.43. The zero-order valence-electron chi connectivity index (χ0n) is 11.5. The maximum absolute atomic E-state index is 10.8. The normalized spacial score (nSPS) is 25.1. The van der Waals surface area contributed by atoms with E-state index in [0.717, 1.165) is 0 Å². The fraction of sp³-hybridized carbons (Fsp3) is 0.538. The number of hydrogen-bond donors (Lipinski definition) is 1. The minimum Gasteiger partial charge on any atom is -0.482 e. The smallest absolute Gasteiger partial charge is 0.270 e. The van der Waals surface area contributed by atoms with Crippen LogP contribution in [0.15, 0.2) is 18.2 Å². The van der Waals surface area contributed by atoms with Crippen molar-refractivity contribution in [2.24, 2.45) is 0 Å². The zero-order valence-corrected chi connectivity index (χ0v) is 11.5. The van der Waals surface area contributed by atoms with Crippen molar-refractivity contribution < 1.29 is 24.2 Å². The molecule has 1 aromatic rings. The van der Waals surface area contributed by atoms with Gasteiger partial charge in [-0.2, -0.15) is 0 Å². The first-order chi connectivity index (χ1) is 9.41. The third-order valence-electron chi connectivity index (χ3n) is 3.43. The van der Waals surface area contributed by atoms with Gasteiger partial charge in [0.25, 0.3) is 5.69 Å². The Labute approximate surface area is 116 Å². The lowest BCUT2D eigenvalue weighted by Crippen LogP contribution is -2.50. The van der Waals surface area contributed by atoms with Crippen LogP contribution in [0.2, 0.25) is 0 Å². The molecule has 0 fully saturated rings. The second-order valence-corrected chi connectivity index (χ2v) is 4.92. The van der Waals surface area contributed by atoms with Crippen molar-refractivity contribution in [3.05, 3.63) is 33.9 Å². The molecular formula is C13H17NO6. The standard InChI is InChI=1S/C13H17NO6/c1-13(12(18-2)19-3)7-10(15)9-6-8(14(16)17)4-5-11(9)20-13/h4-6,10,12,15H,7H2,1-3H3. The number of aliphatic hydroxyl groups excluding tert-OH is 1. The Hall–Kier alpha value is -1.70. The summed E-state index contributed by atoms with van der Waals surface area (Å²) >= 11 is 0. The van der Waals surface area contributed by atoms with Crippen LogP contribution in [0.25, 0.3) is 0 Å². The van der Waals surface area contributed by atoms with E-state index in [1.807, 2.05) is 0 Å². The molecule has 0 bridgehead atoms. The first-order valence-electron chi connectivity index (χ1n) is 6.12. The molecule has 20 heavy (non-hydrogen) atoms. The molecular weight excluding hydrogens is 266 g/mol. The molecule has 7 heteroatoms. The van der Waals surface area contributed by atoms with Crippen LogP contribution in [-0.2, 0) is 9.47 Å². The van der Waals surface area contributed by atoms with E-state index < -0.39 is 22.9 Å². The van der Waals surface area contributed by atoms with E-state index in [9.17, 15) is 15.2 Å². The van der Waals surface area contributed by atoms with Crippen molar-refractivity contribution in [2.45, 2.75) is 31.3 Å². The fourth-order valence-electron chi connectivity index (χ4n) is 2.53. The van der Waals surface area contributed by atoms with E-state index in [2.05, 4.69) is 0 Å². The monoisotopic (exact) mass is 283 g/mol. The molecule has 1 heterocycles. The van der Waals surface area contributed by atoms with Crippen LogP contribution in [0, 0.1) is 10.1 Å². The van der Waals surface area contributed by atoms with Gasteiger partial charge in [0, 0.05) is 38.3 Å². The van der Waals surface area contributed by atoms with Gasteiger partial charge in [0.15, 0.2) is 11.9 Å². The second-order valence-electron chi connectivity index (χ2n) is 4.92. The number of methoxy groups -OCH3 is 2. The van der Waals surface area contributed by atoms with Crippen molar-refractivity contribution in [1.29, 1.82) is 0 Å². The number of nitro benzene ring substituents is 1. The number of benzene rings is 1. The topological polar surface area (TPSA) is 91.1 Å². The molecule has 0 saturated heterocycles. The quantitative estimate of drug-likeness (QED) is 0.514. The number of ether oxygens (including phenoxy) is 3. The molecule has 1 aliphatic rings. The maximum atomic E-state index is 10.8. The Bertz CT molecular complexity index is 516. The van der Waals surface area contributed by atoms with E-state index in [1.165, 1.54) is 32.4 Å².